The summed E-state index contributed by atoms with van der Waals surface area (Å²) in [6.45, 7) is 0. The third-order valence-corrected chi connectivity index (χ3v) is 7.58. The summed E-state index contributed by atoms with van der Waals surface area (Å²) < 4.78 is 54.5. The Balaban J connectivity index is 1.61. The Morgan fingerprint density at radius 1 is 0.968 bits per heavy atom. The van der Waals surface area contributed by atoms with Crippen molar-refractivity contribution in [3.8, 4) is 0 Å². The molecule has 158 valence electrons. The Hall–Kier alpha value is -3.30. The molecule has 1 aromatic heterocycles. The van der Waals surface area contributed by atoms with E-state index in [0.29, 0.717) is 22.0 Å². The lowest BCUT2D eigenvalue weighted by molar-refractivity contribution is 0.103. The van der Waals surface area contributed by atoms with Crippen molar-refractivity contribution in [3.05, 3.63) is 89.3 Å². The van der Waals surface area contributed by atoms with Crippen LogP contribution in [0.15, 0.2) is 77.7 Å². The van der Waals surface area contributed by atoms with Crippen LogP contribution in [0, 0.1) is 11.6 Å². The van der Waals surface area contributed by atoms with Crippen LogP contribution in [0.4, 0.5) is 20.2 Å². The summed E-state index contributed by atoms with van der Waals surface area (Å²) in [5.41, 5.74) is 0.309. The Labute approximate surface area is 181 Å². The highest BCUT2D eigenvalue weighted by atomic mass is 32.2. The second kappa shape index (κ2) is 8.09. The van der Waals surface area contributed by atoms with Crippen molar-refractivity contribution >= 4 is 48.7 Å². The second-order valence-electron chi connectivity index (χ2n) is 6.70. The predicted molar refractivity (Wildman–Crippen MR) is 118 cm³/mol. The molecule has 9 heteroatoms. The van der Waals surface area contributed by atoms with E-state index in [1.807, 2.05) is 0 Å². The fraction of sp³-hybridized carbons (Fsp3) is 0.0455. The van der Waals surface area contributed by atoms with Gasteiger partial charge in [0.15, 0.2) is 0 Å². The molecule has 0 radical (unpaired) electrons. The monoisotopic (exact) mass is 458 g/mol. The molecular formula is C22H16F2N2O3S2. The molecule has 4 aromatic rings. The number of hydrogen-bond acceptors (Lipinski definition) is 4. The molecule has 31 heavy (non-hydrogen) atoms. The lowest BCUT2D eigenvalue weighted by Gasteiger charge is -2.19. The highest BCUT2D eigenvalue weighted by Gasteiger charge is 2.21. The summed E-state index contributed by atoms with van der Waals surface area (Å²) in [5.74, 6) is -2.15. The standard InChI is InChI=1S/C22H16F2N2O3S2/c1-26(31(28,29)17-5-3-2-4-6-17)16-8-10-20-14(11-16)12-21(30-20)22(27)25-19-9-7-15(23)13-18(19)24/h2-13H,1H3,(H,25,27). The summed E-state index contributed by atoms with van der Waals surface area (Å²) in [6, 6.07) is 17.6. The molecule has 0 aliphatic rings. The predicted octanol–water partition coefficient (Wildman–Crippen LogP) is 5.26. The first-order valence-corrected chi connectivity index (χ1v) is 11.4. The summed E-state index contributed by atoms with van der Waals surface area (Å²) in [7, 11) is -2.27. The van der Waals surface area contributed by atoms with Crippen LogP contribution in [0.5, 0.6) is 0 Å². The van der Waals surface area contributed by atoms with Crippen molar-refractivity contribution in [1.29, 1.82) is 0 Å². The Kier molecular flexibility index (Phi) is 5.47. The number of fused-ring (bicyclic) bond motifs is 1. The number of nitrogens with one attached hydrogen (secondary N) is 1. The fourth-order valence-electron chi connectivity index (χ4n) is 3.00. The van der Waals surface area contributed by atoms with Gasteiger partial charge in [-0.3, -0.25) is 9.10 Å². The molecule has 5 nitrogen and oxygen atoms in total. The average molecular weight is 459 g/mol. The van der Waals surface area contributed by atoms with Gasteiger partial charge in [-0.25, -0.2) is 17.2 Å². The average Bonchev–Trinajstić information content (AvgIpc) is 3.19. The molecule has 0 atom stereocenters. The van der Waals surface area contributed by atoms with E-state index in [1.165, 1.54) is 34.8 Å². The van der Waals surface area contributed by atoms with Gasteiger partial charge in [0.25, 0.3) is 15.9 Å². The number of halogens is 2. The Bertz CT molecular complexity index is 1390. The minimum absolute atomic E-state index is 0.127. The number of anilines is 2. The Morgan fingerprint density at radius 2 is 1.71 bits per heavy atom. The number of carbonyl (C=O) groups is 1. The topological polar surface area (TPSA) is 66.5 Å². The molecule has 0 saturated carbocycles. The SMILES string of the molecule is CN(c1ccc2sc(C(=O)Nc3ccc(F)cc3F)cc2c1)S(=O)(=O)c1ccccc1. The van der Waals surface area contributed by atoms with Gasteiger partial charge in [0.2, 0.25) is 0 Å². The van der Waals surface area contributed by atoms with E-state index in [9.17, 15) is 22.0 Å². The summed E-state index contributed by atoms with van der Waals surface area (Å²) in [4.78, 5) is 13.0. The minimum atomic E-state index is -3.73. The molecule has 3 aromatic carbocycles. The van der Waals surface area contributed by atoms with Crippen LogP contribution in [-0.4, -0.2) is 21.4 Å². The zero-order valence-corrected chi connectivity index (χ0v) is 17.8. The molecular weight excluding hydrogens is 442 g/mol. The maximum Gasteiger partial charge on any atom is 0.265 e. The van der Waals surface area contributed by atoms with E-state index >= 15 is 0 Å². The second-order valence-corrected chi connectivity index (χ2v) is 9.75. The normalized spacial score (nSPS) is 11.5. The Morgan fingerprint density at radius 3 is 2.42 bits per heavy atom. The van der Waals surface area contributed by atoms with Gasteiger partial charge < -0.3 is 5.32 Å². The van der Waals surface area contributed by atoms with Gasteiger partial charge >= 0.3 is 0 Å². The highest BCUT2D eigenvalue weighted by molar-refractivity contribution is 7.92. The molecule has 4 rings (SSSR count). The van der Waals surface area contributed by atoms with Crippen LogP contribution >= 0.6 is 11.3 Å². The molecule has 0 aliphatic heterocycles. The van der Waals surface area contributed by atoms with E-state index in [4.69, 9.17) is 0 Å². The zero-order chi connectivity index (χ0) is 22.2. The molecule has 0 fully saturated rings. The van der Waals surface area contributed by atoms with Gasteiger partial charge in [0.1, 0.15) is 11.6 Å². The number of benzene rings is 3. The lowest BCUT2D eigenvalue weighted by Crippen LogP contribution is -2.26. The zero-order valence-electron chi connectivity index (χ0n) is 16.2. The maximum absolute atomic E-state index is 13.8. The van der Waals surface area contributed by atoms with Gasteiger partial charge in [-0.05, 0) is 53.9 Å². The van der Waals surface area contributed by atoms with Crippen LogP contribution in [0.25, 0.3) is 10.1 Å². The summed E-state index contributed by atoms with van der Waals surface area (Å²) >= 11 is 1.18. The lowest BCUT2D eigenvalue weighted by atomic mass is 10.2. The van der Waals surface area contributed by atoms with E-state index in [-0.39, 0.29) is 10.6 Å². The number of carbonyl (C=O) groups excluding carboxylic acids is 1. The van der Waals surface area contributed by atoms with Crippen LogP contribution in [0.1, 0.15) is 9.67 Å². The van der Waals surface area contributed by atoms with E-state index in [2.05, 4.69) is 5.32 Å². The quantitative estimate of drug-likeness (QED) is 0.444. The molecule has 1 heterocycles. The number of sulfonamides is 1. The molecule has 0 saturated heterocycles. The first-order chi connectivity index (χ1) is 14.8. The van der Waals surface area contributed by atoms with Gasteiger partial charge in [-0.2, -0.15) is 0 Å². The van der Waals surface area contributed by atoms with Crippen molar-refractivity contribution in [2.45, 2.75) is 4.90 Å². The van der Waals surface area contributed by atoms with Crippen LogP contribution < -0.4 is 9.62 Å². The van der Waals surface area contributed by atoms with Crippen molar-refractivity contribution in [3.63, 3.8) is 0 Å². The first-order valence-electron chi connectivity index (χ1n) is 9.10. The van der Waals surface area contributed by atoms with E-state index in [1.54, 1.807) is 42.5 Å². The number of nitrogens with zero attached hydrogens (tertiary/aromatic N) is 1. The van der Waals surface area contributed by atoms with Crippen molar-refractivity contribution in [2.75, 3.05) is 16.7 Å². The maximum atomic E-state index is 13.8. The van der Waals surface area contributed by atoms with Crippen LogP contribution in [-0.2, 0) is 10.0 Å². The largest absolute Gasteiger partial charge is 0.319 e. The van der Waals surface area contributed by atoms with Crippen LogP contribution in [0.2, 0.25) is 0 Å². The number of rotatable bonds is 5. The summed E-state index contributed by atoms with van der Waals surface area (Å²) in [6.07, 6.45) is 0. The first kappa shape index (κ1) is 21.0. The number of hydrogen-bond donors (Lipinski definition) is 1. The third kappa shape index (κ3) is 4.14. The molecule has 0 spiro atoms. The smallest absolute Gasteiger partial charge is 0.265 e. The van der Waals surface area contributed by atoms with E-state index in [0.717, 1.165) is 16.8 Å². The van der Waals surface area contributed by atoms with Crippen molar-refractivity contribution in [2.24, 2.45) is 0 Å². The van der Waals surface area contributed by atoms with Gasteiger partial charge in [-0.1, -0.05) is 18.2 Å². The molecule has 0 aliphatic carbocycles. The fourth-order valence-corrected chi connectivity index (χ4v) is 5.15. The minimum Gasteiger partial charge on any atom is -0.319 e. The molecule has 0 unspecified atom stereocenters. The van der Waals surface area contributed by atoms with E-state index < -0.39 is 27.6 Å². The van der Waals surface area contributed by atoms with Crippen molar-refractivity contribution in [1.82, 2.24) is 0 Å². The highest BCUT2D eigenvalue weighted by Crippen LogP contribution is 2.31. The van der Waals surface area contributed by atoms with Gasteiger partial charge in [-0.15, -0.1) is 11.3 Å². The van der Waals surface area contributed by atoms with Gasteiger partial charge in [0, 0.05) is 17.8 Å². The third-order valence-electron chi connectivity index (χ3n) is 4.67. The molecule has 1 amide bonds. The molecule has 1 N–H and O–H groups in total. The molecule has 0 bridgehead atoms. The van der Waals surface area contributed by atoms with Gasteiger partial charge in [0.05, 0.1) is 21.1 Å². The number of thiophene rings is 1. The van der Waals surface area contributed by atoms with Crippen LogP contribution in [0.3, 0.4) is 0 Å². The summed E-state index contributed by atoms with van der Waals surface area (Å²) in [5, 5.41) is 3.09. The number of amides is 1. The van der Waals surface area contributed by atoms with Crippen molar-refractivity contribution < 1.29 is 22.0 Å².